The molecule has 1 saturated heterocycles. The Labute approximate surface area is 228 Å². The second-order valence-corrected chi connectivity index (χ2v) is 10.8. The molecule has 15 nitrogen and oxygen atoms in total. The molecule has 2 aliphatic rings. The molecule has 3 N–H and O–H groups in total. The van der Waals surface area contributed by atoms with E-state index < -0.39 is 29.2 Å². The minimum absolute atomic E-state index is 0.104. The number of oxime groups is 1. The van der Waals surface area contributed by atoms with Crippen molar-refractivity contribution in [3.8, 4) is 0 Å². The number of β-lactam (4-membered cyclic amide) rings is 1. The standard InChI is InChI=1S/C20H23N9O6S3/c1-3-4-5-35-25-12(11-8-37-19(22-11)21-9-30)15(31)23-13-16(32)29-14(18(33)34)10(6-36-17(13)29)7-38-20-24-26-27-28(20)2/h8-9,13,17H,3-7H2,1-2H3,(H,23,31)(H,33,34)(H,21,22,30)/t13?,17-/m1/s1. The van der Waals surface area contributed by atoms with Crippen LogP contribution in [0.3, 0.4) is 0 Å². The van der Waals surface area contributed by atoms with E-state index in [1.165, 1.54) is 38.5 Å². The number of aryl methyl sites for hydroxylation is 1. The molecule has 1 unspecified atom stereocenters. The maximum absolute atomic E-state index is 13.2. The number of anilines is 1. The van der Waals surface area contributed by atoms with Gasteiger partial charge in [-0.3, -0.25) is 19.3 Å². The first-order chi connectivity index (χ1) is 18.3. The van der Waals surface area contributed by atoms with Gasteiger partial charge < -0.3 is 20.6 Å². The molecule has 2 atom stereocenters. The van der Waals surface area contributed by atoms with Crippen LogP contribution in [0.15, 0.2) is 27.0 Å². The van der Waals surface area contributed by atoms with Gasteiger partial charge in [-0.05, 0) is 22.4 Å². The highest BCUT2D eigenvalue weighted by Crippen LogP contribution is 2.41. The molecule has 2 aromatic heterocycles. The minimum Gasteiger partial charge on any atom is -0.477 e. The van der Waals surface area contributed by atoms with E-state index in [-0.39, 0.29) is 34.6 Å². The Morgan fingerprint density at radius 3 is 2.92 bits per heavy atom. The number of nitrogens with zero attached hydrogens (tertiary/aromatic N) is 7. The summed E-state index contributed by atoms with van der Waals surface area (Å²) < 4.78 is 1.47. The molecule has 4 rings (SSSR count). The van der Waals surface area contributed by atoms with E-state index in [4.69, 9.17) is 4.84 Å². The molecule has 0 radical (unpaired) electrons. The van der Waals surface area contributed by atoms with Gasteiger partial charge in [-0.15, -0.1) is 28.2 Å². The van der Waals surface area contributed by atoms with Crippen LogP contribution in [-0.2, 0) is 31.1 Å². The first-order valence-corrected chi connectivity index (χ1v) is 14.2. The number of aliphatic carboxylic acids is 1. The fourth-order valence-corrected chi connectivity index (χ4v) is 6.51. The molecule has 0 saturated carbocycles. The third kappa shape index (κ3) is 5.81. The lowest BCUT2D eigenvalue weighted by molar-refractivity contribution is -0.150. The zero-order chi connectivity index (χ0) is 27.2. The van der Waals surface area contributed by atoms with Crippen molar-refractivity contribution in [3.05, 3.63) is 22.3 Å². The summed E-state index contributed by atoms with van der Waals surface area (Å²) in [6.45, 7) is 2.26. The normalized spacial score (nSPS) is 19.1. The molecule has 0 spiro atoms. The van der Waals surface area contributed by atoms with Crippen LogP contribution in [0.4, 0.5) is 5.13 Å². The van der Waals surface area contributed by atoms with Crippen LogP contribution in [0.25, 0.3) is 0 Å². The Bertz CT molecular complexity index is 1290. The number of thiazole rings is 1. The summed E-state index contributed by atoms with van der Waals surface area (Å²) in [4.78, 5) is 59.7. The van der Waals surface area contributed by atoms with Crippen LogP contribution >= 0.6 is 34.9 Å². The van der Waals surface area contributed by atoms with Crippen LogP contribution in [0.2, 0.25) is 0 Å². The van der Waals surface area contributed by atoms with Crippen LogP contribution in [0.5, 0.6) is 0 Å². The highest BCUT2D eigenvalue weighted by atomic mass is 32.2. The number of thioether (sulfide) groups is 2. The van der Waals surface area contributed by atoms with Crippen molar-refractivity contribution in [1.29, 1.82) is 0 Å². The minimum atomic E-state index is -1.23. The topological polar surface area (TPSA) is 194 Å². The zero-order valence-electron chi connectivity index (χ0n) is 20.2. The second kappa shape index (κ2) is 12.4. The SMILES string of the molecule is CCCCON=C(C(=O)NC1C(=O)N2C(C(=O)O)=C(CSc3nnnn3C)CS[C@H]12)c1csc(NC=O)n1. The Morgan fingerprint density at radius 1 is 1.42 bits per heavy atom. The van der Waals surface area contributed by atoms with E-state index in [2.05, 4.69) is 36.3 Å². The summed E-state index contributed by atoms with van der Waals surface area (Å²) >= 11 is 3.70. The molecule has 2 aliphatic heterocycles. The number of unbranched alkanes of at least 4 members (excludes halogenated alkanes) is 1. The highest BCUT2D eigenvalue weighted by molar-refractivity contribution is 8.01. The number of carbonyl (C=O) groups is 4. The van der Waals surface area contributed by atoms with Gasteiger partial charge in [-0.2, -0.15) is 0 Å². The summed E-state index contributed by atoms with van der Waals surface area (Å²) in [5.41, 5.74) is 0.450. The molecule has 0 aromatic carbocycles. The summed E-state index contributed by atoms with van der Waals surface area (Å²) in [6.07, 6.45) is 2.05. The molecule has 0 aliphatic carbocycles. The molecule has 18 heteroatoms. The Hall–Kier alpha value is -3.51. The van der Waals surface area contributed by atoms with E-state index in [0.717, 1.165) is 24.2 Å². The summed E-state index contributed by atoms with van der Waals surface area (Å²) in [5, 5.41) is 31.7. The van der Waals surface area contributed by atoms with Gasteiger partial charge in [0.25, 0.3) is 11.8 Å². The molecule has 202 valence electrons. The molecule has 3 amide bonds. The van der Waals surface area contributed by atoms with Crippen LogP contribution in [-0.4, -0.2) is 94.6 Å². The Kier molecular flexibility index (Phi) is 8.95. The molecule has 1 fully saturated rings. The van der Waals surface area contributed by atoms with Crippen LogP contribution in [0.1, 0.15) is 25.5 Å². The van der Waals surface area contributed by atoms with E-state index in [9.17, 15) is 24.3 Å². The number of amides is 3. The van der Waals surface area contributed by atoms with Gasteiger partial charge in [0, 0.05) is 23.9 Å². The fourth-order valence-electron chi connectivity index (χ4n) is 3.52. The van der Waals surface area contributed by atoms with Gasteiger partial charge in [0.15, 0.2) is 10.8 Å². The van der Waals surface area contributed by atoms with Gasteiger partial charge in [0.2, 0.25) is 11.6 Å². The Balaban J connectivity index is 1.49. The second-order valence-electron chi connectivity index (χ2n) is 7.92. The van der Waals surface area contributed by atoms with E-state index in [1.807, 2.05) is 6.92 Å². The largest absolute Gasteiger partial charge is 0.477 e. The van der Waals surface area contributed by atoms with Crippen molar-refractivity contribution in [2.75, 3.05) is 23.4 Å². The van der Waals surface area contributed by atoms with E-state index in [1.54, 1.807) is 7.05 Å². The average molecular weight is 582 g/mol. The van der Waals surface area contributed by atoms with Crippen molar-refractivity contribution in [1.82, 2.24) is 35.4 Å². The van der Waals surface area contributed by atoms with Gasteiger partial charge in [-0.25, -0.2) is 14.5 Å². The first kappa shape index (κ1) is 27.5. The molecular weight excluding hydrogens is 558 g/mol. The number of fused-ring (bicyclic) bond motifs is 1. The number of aromatic nitrogens is 5. The number of hydrogen-bond donors (Lipinski definition) is 3. The number of tetrazole rings is 1. The molecule has 2 aromatic rings. The lowest BCUT2D eigenvalue weighted by atomic mass is 10.0. The van der Waals surface area contributed by atoms with E-state index >= 15 is 0 Å². The Morgan fingerprint density at radius 2 is 2.24 bits per heavy atom. The van der Waals surface area contributed by atoms with Gasteiger partial charge in [-0.1, -0.05) is 30.3 Å². The van der Waals surface area contributed by atoms with Crippen molar-refractivity contribution >= 4 is 69.9 Å². The maximum Gasteiger partial charge on any atom is 0.352 e. The molecular formula is C20H23N9O6S3. The van der Waals surface area contributed by atoms with Gasteiger partial charge in [0.1, 0.15) is 29.4 Å². The van der Waals surface area contributed by atoms with Crippen molar-refractivity contribution < 1.29 is 29.1 Å². The zero-order valence-corrected chi connectivity index (χ0v) is 22.6. The number of carboxylic acid groups (broad SMARTS) is 1. The number of carboxylic acids is 1. The van der Waals surface area contributed by atoms with Gasteiger partial charge >= 0.3 is 5.97 Å². The van der Waals surface area contributed by atoms with Crippen LogP contribution in [0, 0.1) is 0 Å². The summed E-state index contributed by atoms with van der Waals surface area (Å²) in [6, 6.07) is -0.967. The number of rotatable bonds is 13. The van der Waals surface area contributed by atoms with Crippen molar-refractivity contribution in [3.63, 3.8) is 0 Å². The lowest BCUT2D eigenvalue weighted by Crippen LogP contribution is -2.71. The third-order valence-electron chi connectivity index (χ3n) is 5.38. The molecule has 0 bridgehead atoms. The molecule has 4 heterocycles. The lowest BCUT2D eigenvalue weighted by Gasteiger charge is -2.49. The highest BCUT2D eigenvalue weighted by Gasteiger charge is 2.54. The van der Waals surface area contributed by atoms with Gasteiger partial charge in [0.05, 0.1) is 0 Å². The smallest absolute Gasteiger partial charge is 0.352 e. The first-order valence-electron chi connectivity index (χ1n) is 11.3. The van der Waals surface area contributed by atoms with E-state index in [0.29, 0.717) is 22.9 Å². The quantitative estimate of drug-likeness (QED) is 0.0732. The molecule has 38 heavy (non-hydrogen) atoms. The van der Waals surface area contributed by atoms with Crippen molar-refractivity contribution in [2.24, 2.45) is 12.2 Å². The predicted molar refractivity (Wildman–Crippen MR) is 138 cm³/mol. The third-order valence-corrected chi connectivity index (χ3v) is 8.59. The fraction of sp³-hybridized carbons (Fsp3) is 0.450. The average Bonchev–Trinajstić information content (AvgIpc) is 3.53. The monoisotopic (exact) mass is 581 g/mol. The maximum atomic E-state index is 13.2. The predicted octanol–water partition coefficient (Wildman–Crippen LogP) is 0.287. The van der Waals surface area contributed by atoms with Crippen LogP contribution < -0.4 is 10.6 Å². The summed E-state index contributed by atoms with van der Waals surface area (Å²) in [7, 11) is 1.67. The summed E-state index contributed by atoms with van der Waals surface area (Å²) in [5.74, 6) is -1.87. The number of hydrogen-bond acceptors (Lipinski definition) is 13. The number of carbonyl (C=O) groups excluding carboxylic acids is 3. The number of nitrogens with one attached hydrogen (secondary N) is 2. The van der Waals surface area contributed by atoms with Crippen molar-refractivity contribution in [2.45, 2.75) is 36.3 Å².